The molecule has 6 heteroatoms. The third kappa shape index (κ3) is 3.95. The second kappa shape index (κ2) is 7.54. The molecule has 0 saturated carbocycles. The molecule has 0 aromatic carbocycles. The summed E-state index contributed by atoms with van der Waals surface area (Å²) >= 11 is 1.68. The van der Waals surface area contributed by atoms with E-state index in [4.69, 9.17) is 10.00 Å². The van der Waals surface area contributed by atoms with Crippen molar-refractivity contribution in [2.75, 3.05) is 26.3 Å². The first kappa shape index (κ1) is 15.2. The van der Waals surface area contributed by atoms with Crippen LogP contribution in [0, 0.1) is 17.2 Å². The minimum absolute atomic E-state index is 0.548. The number of rotatable bonds is 7. The van der Waals surface area contributed by atoms with Crippen LogP contribution >= 0.6 is 11.3 Å². The van der Waals surface area contributed by atoms with Crippen LogP contribution < -0.4 is 0 Å². The quantitative estimate of drug-likeness (QED) is 0.788. The third-order valence-electron chi connectivity index (χ3n) is 3.88. The minimum atomic E-state index is 0.548. The summed E-state index contributed by atoms with van der Waals surface area (Å²) in [5.74, 6) is 0.575. The lowest BCUT2D eigenvalue weighted by Crippen LogP contribution is -2.32. The van der Waals surface area contributed by atoms with Gasteiger partial charge in [0.15, 0.2) is 0 Å². The minimum Gasteiger partial charge on any atom is -0.381 e. The van der Waals surface area contributed by atoms with E-state index in [1.54, 1.807) is 11.3 Å². The molecular formula is C16H20N4OS. The topological polar surface area (TPSA) is 54.1 Å². The molecule has 3 heterocycles. The van der Waals surface area contributed by atoms with Gasteiger partial charge in [-0.1, -0.05) is 0 Å². The molecule has 0 N–H and O–H groups in total. The van der Waals surface area contributed by atoms with Crippen LogP contribution in [0.1, 0.15) is 12.8 Å². The van der Waals surface area contributed by atoms with E-state index in [1.807, 2.05) is 16.9 Å². The van der Waals surface area contributed by atoms with Gasteiger partial charge in [0.2, 0.25) is 0 Å². The van der Waals surface area contributed by atoms with E-state index in [2.05, 4.69) is 32.9 Å². The van der Waals surface area contributed by atoms with Crippen molar-refractivity contribution in [2.45, 2.75) is 19.5 Å². The fraction of sp³-hybridized carbons (Fsp3) is 0.500. The Hall–Kier alpha value is -1.68. The van der Waals surface area contributed by atoms with Crippen LogP contribution in [0.4, 0.5) is 0 Å². The second-order valence-corrected chi connectivity index (χ2v) is 6.39. The van der Waals surface area contributed by atoms with E-state index in [9.17, 15) is 0 Å². The highest BCUT2D eigenvalue weighted by molar-refractivity contribution is 7.08. The van der Waals surface area contributed by atoms with Gasteiger partial charge in [0.05, 0.1) is 25.0 Å². The van der Waals surface area contributed by atoms with Gasteiger partial charge in [-0.05, 0) is 29.9 Å². The van der Waals surface area contributed by atoms with E-state index < -0.39 is 0 Å². The van der Waals surface area contributed by atoms with E-state index in [0.29, 0.717) is 12.3 Å². The molecule has 0 radical (unpaired) electrons. The molecule has 1 saturated heterocycles. The summed E-state index contributed by atoms with van der Waals surface area (Å²) in [4.78, 5) is 2.30. The van der Waals surface area contributed by atoms with Gasteiger partial charge in [0.25, 0.3) is 0 Å². The lowest BCUT2D eigenvalue weighted by molar-refractivity contribution is 0.149. The Labute approximate surface area is 134 Å². The van der Waals surface area contributed by atoms with Crippen molar-refractivity contribution in [3.63, 3.8) is 0 Å². The highest BCUT2D eigenvalue weighted by Crippen LogP contribution is 2.20. The lowest BCUT2D eigenvalue weighted by Gasteiger charge is -2.23. The molecule has 0 spiro atoms. The number of hydrogen-bond acceptors (Lipinski definition) is 5. The molecule has 0 bridgehead atoms. The van der Waals surface area contributed by atoms with Crippen LogP contribution in [0.5, 0.6) is 0 Å². The highest BCUT2D eigenvalue weighted by Gasteiger charge is 2.19. The van der Waals surface area contributed by atoms with E-state index in [-0.39, 0.29) is 0 Å². The highest BCUT2D eigenvalue weighted by atomic mass is 32.1. The second-order valence-electron chi connectivity index (χ2n) is 5.61. The Kier molecular flexibility index (Phi) is 5.22. The fourth-order valence-electron chi connectivity index (χ4n) is 2.73. The fourth-order valence-corrected chi connectivity index (χ4v) is 3.38. The van der Waals surface area contributed by atoms with Crippen LogP contribution in [-0.4, -0.2) is 41.0 Å². The van der Waals surface area contributed by atoms with Crippen LogP contribution in [0.15, 0.2) is 29.1 Å². The summed E-state index contributed by atoms with van der Waals surface area (Å²) < 4.78 is 7.41. The van der Waals surface area contributed by atoms with Gasteiger partial charge >= 0.3 is 0 Å². The van der Waals surface area contributed by atoms with Crippen molar-refractivity contribution in [1.82, 2.24) is 14.7 Å². The maximum Gasteiger partial charge on any atom is 0.0932 e. The molecule has 2 aromatic heterocycles. The Balaban J connectivity index is 1.63. The first-order valence-electron chi connectivity index (χ1n) is 7.58. The molecule has 116 valence electrons. The van der Waals surface area contributed by atoms with Gasteiger partial charge in [-0.25, -0.2) is 0 Å². The van der Waals surface area contributed by atoms with Crippen molar-refractivity contribution in [3.05, 3.63) is 29.1 Å². The molecule has 2 aromatic rings. The normalized spacial score (nSPS) is 17.9. The molecule has 0 amide bonds. The molecule has 22 heavy (non-hydrogen) atoms. The zero-order valence-electron chi connectivity index (χ0n) is 12.5. The van der Waals surface area contributed by atoms with Crippen molar-refractivity contribution in [2.24, 2.45) is 5.92 Å². The smallest absolute Gasteiger partial charge is 0.0932 e. The number of thiophene rings is 1. The molecule has 5 nitrogen and oxygen atoms in total. The van der Waals surface area contributed by atoms with Gasteiger partial charge in [-0.3, -0.25) is 9.58 Å². The molecule has 1 atom stereocenters. The Morgan fingerprint density at radius 2 is 2.45 bits per heavy atom. The van der Waals surface area contributed by atoms with Gasteiger partial charge in [0.1, 0.15) is 0 Å². The van der Waals surface area contributed by atoms with Crippen molar-refractivity contribution < 1.29 is 4.74 Å². The van der Waals surface area contributed by atoms with Crippen LogP contribution in [0.3, 0.4) is 0 Å². The van der Waals surface area contributed by atoms with Crippen molar-refractivity contribution in [3.8, 4) is 17.3 Å². The lowest BCUT2D eigenvalue weighted by atomic mass is 10.1. The Bertz CT molecular complexity index is 610. The largest absolute Gasteiger partial charge is 0.381 e. The number of ether oxygens (including phenoxy) is 1. The van der Waals surface area contributed by atoms with Crippen molar-refractivity contribution in [1.29, 1.82) is 5.26 Å². The molecule has 0 unspecified atom stereocenters. The average molecular weight is 316 g/mol. The van der Waals surface area contributed by atoms with Crippen LogP contribution in [0.2, 0.25) is 0 Å². The molecule has 1 aliphatic rings. The summed E-state index contributed by atoms with van der Waals surface area (Å²) in [5, 5.41) is 17.7. The van der Waals surface area contributed by atoms with Gasteiger partial charge < -0.3 is 4.74 Å². The standard InChI is InChI=1S/C16H20N4OS/c17-5-1-6-19(10-14-3-8-21-11-14)13-20-7-2-16(18-20)15-4-9-22-12-15/h2,4,7,9,12,14H,1,3,6,8,10-11,13H2/t14-/m0/s1. The summed E-state index contributed by atoms with van der Waals surface area (Å²) in [5.41, 5.74) is 2.17. The Morgan fingerprint density at radius 1 is 1.50 bits per heavy atom. The molecule has 0 aliphatic carbocycles. The zero-order chi connectivity index (χ0) is 15.2. The Morgan fingerprint density at radius 3 is 3.18 bits per heavy atom. The summed E-state index contributed by atoms with van der Waals surface area (Å²) in [7, 11) is 0. The molecule has 3 rings (SSSR count). The SMILES string of the molecule is N#CCCN(C[C@@H]1CCOC1)Cn1ccc(-c2ccsc2)n1. The maximum atomic E-state index is 8.85. The first-order chi connectivity index (χ1) is 10.8. The monoisotopic (exact) mass is 316 g/mol. The van der Waals surface area contributed by atoms with Gasteiger partial charge in [-0.2, -0.15) is 21.7 Å². The first-order valence-corrected chi connectivity index (χ1v) is 8.52. The summed E-state index contributed by atoms with van der Waals surface area (Å²) in [6, 6.07) is 6.36. The van der Waals surface area contributed by atoms with Gasteiger partial charge in [-0.15, -0.1) is 0 Å². The van der Waals surface area contributed by atoms with E-state index in [1.165, 1.54) is 0 Å². The summed E-state index contributed by atoms with van der Waals surface area (Å²) in [6.07, 6.45) is 3.67. The third-order valence-corrected chi connectivity index (χ3v) is 4.57. The predicted octanol–water partition coefficient (Wildman–Crippen LogP) is 2.82. The zero-order valence-corrected chi connectivity index (χ0v) is 13.3. The molecule has 1 fully saturated rings. The van der Waals surface area contributed by atoms with E-state index >= 15 is 0 Å². The van der Waals surface area contributed by atoms with Crippen LogP contribution in [0.25, 0.3) is 11.3 Å². The van der Waals surface area contributed by atoms with Crippen molar-refractivity contribution >= 4 is 11.3 Å². The average Bonchev–Trinajstić information content (AvgIpc) is 3.26. The maximum absolute atomic E-state index is 8.85. The number of hydrogen-bond donors (Lipinski definition) is 0. The molecular weight excluding hydrogens is 296 g/mol. The number of nitriles is 1. The summed E-state index contributed by atoms with van der Waals surface area (Å²) in [6.45, 7) is 4.17. The number of aromatic nitrogens is 2. The number of nitrogens with zero attached hydrogens (tertiary/aromatic N) is 4. The van der Waals surface area contributed by atoms with Crippen LogP contribution in [-0.2, 0) is 11.4 Å². The van der Waals surface area contributed by atoms with Gasteiger partial charge in [0, 0.05) is 43.3 Å². The molecule has 1 aliphatic heterocycles. The predicted molar refractivity (Wildman–Crippen MR) is 86.3 cm³/mol. The van der Waals surface area contributed by atoms with E-state index in [0.717, 1.165) is 50.7 Å².